The summed E-state index contributed by atoms with van der Waals surface area (Å²) < 4.78 is 7.29. The largest absolute Gasteiger partial charge is 0.461 e. The van der Waals surface area contributed by atoms with Gasteiger partial charge in [-0.3, -0.25) is 9.59 Å². The lowest BCUT2D eigenvalue weighted by molar-refractivity contribution is 0.0407. The number of benzene rings is 2. The normalized spacial score (nSPS) is 16.4. The molecule has 3 heterocycles. The molecule has 0 N–H and O–H groups in total. The zero-order valence-corrected chi connectivity index (χ0v) is 19.0. The van der Waals surface area contributed by atoms with Crippen molar-refractivity contribution in [2.75, 3.05) is 19.6 Å². The van der Waals surface area contributed by atoms with Crippen LogP contribution in [0.2, 0.25) is 5.02 Å². The fourth-order valence-electron chi connectivity index (χ4n) is 4.27. The Kier molecular flexibility index (Phi) is 5.38. The van der Waals surface area contributed by atoms with Crippen LogP contribution in [0.15, 0.2) is 59.3 Å². The van der Waals surface area contributed by atoms with Gasteiger partial charge in [0.25, 0.3) is 11.8 Å². The van der Waals surface area contributed by atoms with E-state index < -0.39 is 0 Å². The summed E-state index contributed by atoms with van der Waals surface area (Å²) in [7, 11) is 0. The number of aromatic nitrogens is 3. The Morgan fingerprint density at radius 3 is 2.70 bits per heavy atom. The quantitative estimate of drug-likeness (QED) is 0.459. The molecule has 2 amide bonds. The third-order valence-corrected chi connectivity index (χ3v) is 6.15. The maximum absolute atomic E-state index is 13.3. The molecule has 5 rings (SSSR count). The summed E-state index contributed by atoms with van der Waals surface area (Å²) in [6, 6.07) is 14.5. The Bertz CT molecular complexity index is 1360. The van der Waals surface area contributed by atoms with E-state index in [4.69, 9.17) is 16.0 Å². The van der Waals surface area contributed by atoms with E-state index in [1.54, 1.807) is 28.9 Å². The van der Waals surface area contributed by atoms with Crippen molar-refractivity contribution in [2.24, 2.45) is 0 Å². The molecule has 9 heteroatoms. The second kappa shape index (κ2) is 8.37. The molecule has 8 nitrogen and oxygen atoms in total. The Labute approximate surface area is 195 Å². The van der Waals surface area contributed by atoms with Crippen LogP contribution in [-0.4, -0.2) is 62.1 Å². The van der Waals surface area contributed by atoms with Gasteiger partial charge < -0.3 is 14.2 Å². The van der Waals surface area contributed by atoms with Crippen LogP contribution >= 0.6 is 11.6 Å². The second-order valence-electron chi connectivity index (χ2n) is 8.12. The lowest BCUT2D eigenvalue weighted by Gasteiger charge is -2.39. The first-order valence-corrected chi connectivity index (χ1v) is 11.1. The van der Waals surface area contributed by atoms with Crippen LogP contribution in [0.4, 0.5) is 0 Å². The molecule has 0 spiro atoms. The maximum Gasteiger partial charge on any atom is 0.293 e. The molecule has 0 radical (unpaired) electrons. The van der Waals surface area contributed by atoms with E-state index in [2.05, 4.69) is 10.1 Å². The highest BCUT2D eigenvalue weighted by molar-refractivity contribution is 6.30. The molecule has 33 heavy (non-hydrogen) atoms. The summed E-state index contributed by atoms with van der Waals surface area (Å²) >= 11 is 6.05. The van der Waals surface area contributed by atoms with E-state index in [1.807, 2.05) is 43.3 Å². The molecular weight excluding hydrogens is 442 g/mol. The summed E-state index contributed by atoms with van der Waals surface area (Å²) in [6.45, 7) is 4.96. The Balaban J connectivity index is 1.31. The van der Waals surface area contributed by atoms with Crippen LogP contribution in [0.3, 0.4) is 0 Å². The van der Waals surface area contributed by atoms with Gasteiger partial charge in [-0.1, -0.05) is 35.9 Å². The van der Waals surface area contributed by atoms with Crippen molar-refractivity contribution in [3.05, 3.63) is 77.0 Å². The number of para-hydroxylation sites is 1. The third kappa shape index (κ3) is 3.87. The number of hydrogen-bond donors (Lipinski definition) is 0. The van der Waals surface area contributed by atoms with E-state index >= 15 is 0 Å². The monoisotopic (exact) mass is 463 g/mol. The molecule has 1 atom stereocenters. The average Bonchev–Trinajstić information content (AvgIpc) is 3.42. The van der Waals surface area contributed by atoms with Gasteiger partial charge >= 0.3 is 0 Å². The molecule has 4 aromatic rings. The highest BCUT2D eigenvalue weighted by Gasteiger charge is 2.33. The number of piperazine rings is 1. The molecule has 1 aliphatic heterocycles. The average molecular weight is 464 g/mol. The lowest BCUT2D eigenvalue weighted by atomic mass is 10.1. The Hall–Kier alpha value is -3.65. The minimum atomic E-state index is -0.264. The fraction of sp³-hybridized carbons (Fsp3) is 0.250. The molecule has 1 saturated heterocycles. The minimum absolute atomic E-state index is 0.0836. The smallest absolute Gasteiger partial charge is 0.293 e. The van der Waals surface area contributed by atoms with Crippen molar-refractivity contribution >= 4 is 34.4 Å². The van der Waals surface area contributed by atoms with Crippen LogP contribution in [0.5, 0.6) is 0 Å². The van der Waals surface area contributed by atoms with Gasteiger partial charge in [0.2, 0.25) is 5.82 Å². The van der Waals surface area contributed by atoms with Gasteiger partial charge in [-0.15, -0.1) is 5.10 Å². The summed E-state index contributed by atoms with van der Waals surface area (Å²) in [5.41, 5.74) is 2.00. The van der Waals surface area contributed by atoms with Crippen molar-refractivity contribution in [1.29, 1.82) is 0 Å². The minimum Gasteiger partial charge on any atom is -0.461 e. The molecule has 1 fully saturated rings. The van der Waals surface area contributed by atoms with Crippen LogP contribution in [0, 0.1) is 6.92 Å². The summed E-state index contributed by atoms with van der Waals surface area (Å²) in [4.78, 5) is 34.1. The highest BCUT2D eigenvalue weighted by atomic mass is 35.5. The number of fused-ring (bicyclic) bond motifs is 1. The van der Waals surface area contributed by atoms with Gasteiger partial charge in [0.15, 0.2) is 0 Å². The summed E-state index contributed by atoms with van der Waals surface area (Å²) in [6.07, 6.45) is 1.50. The van der Waals surface area contributed by atoms with Crippen molar-refractivity contribution in [3.8, 4) is 5.69 Å². The molecular formula is C24H22ClN5O3. The first-order valence-electron chi connectivity index (χ1n) is 10.7. The number of halogens is 1. The van der Waals surface area contributed by atoms with Gasteiger partial charge in [-0.2, -0.15) is 0 Å². The number of hydrogen-bond acceptors (Lipinski definition) is 5. The van der Waals surface area contributed by atoms with Crippen LogP contribution in [0.25, 0.3) is 16.7 Å². The Morgan fingerprint density at radius 1 is 1.09 bits per heavy atom. The fourth-order valence-corrected chi connectivity index (χ4v) is 4.45. The SMILES string of the molecule is Cc1oc2ccccc2c1C(=O)N1CCN(C(=O)c2ncn(-c3cccc(Cl)c3)n2)C(C)C1. The van der Waals surface area contributed by atoms with Gasteiger partial charge in [0.05, 0.1) is 11.3 Å². The zero-order chi connectivity index (χ0) is 23.1. The van der Waals surface area contributed by atoms with Crippen LogP contribution < -0.4 is 0 Å². The number of carbonyl (C=O) groups excluding carboxylic acids is 2. The van der Waals surface area contributed by atoms with Crippen molar-refractivity contribution in [2.45, 2.75) is 19.9 Å². The molecule has 2 aromatic heterocycles. The van der Waals surface area contributed by atoms with Gasteiger partial charge in [-0.25, -0.2) is 9.67 Å². The number of furan rings is 1. The van der Waals surface area contributed by atoms with E-state index in [0.717, 1.165) is 11.1 Å². The zero-order valence-electron chi connectivity index (χ0n) is 18.2. The predicted octanol–water partition coefficient (Wildman–Crippen LogP) is 3.96. The lowest BCUT2D eigenvalue weighted by Crippen LogP contribution is -2.55. The molecule has 1 unspecified atom stereocenters. The Morgan fingerprint density at radius 2 is 1.91 bits per heavy atom. The molecule has 0 aliphatic carbocycles. The number of amides is 2. The number of nitrogens with zero attached hydrogens (tertiary/aromatic N) is 5. The topological polar surface area (TPSA) is 84.5 Å². The van der Waals surface area contributed by atoms with Crippen molar-refractivity contribution in [3.63, 3.8) is 0 Å². The molecule has 0 bridgehead atoms. The van der Waals surface area contributed by atoms with Gasteiger partial charge in [0.1, 0.15) is 17.7 Å². The number of aryl methyl sites for hydroxylation is 1. The molecule has 0 saturated carbocycles. The first kappa shape index (κ1) is 21.2. The highest BCUT2D eigenvalue weighted by Crippen LogP contribution is 2.27. The number of rotatable bonds is 3. The molecule has 2 aromatic carbocycles. The van der Waals surface area contributed by atoms with Gasteiger partial charge in [-0.05, 0) is 38.1 Å². The van der Waals surface area contributed by atoms with Crippen LogP contribution in [0.1, 0.15) is 33.7 Å². The molecule has 1 aliphatic rings. The van der Waals surface area contributed by atoms with E-state index in [-0.39, 0.29) is 23.7 Å². The van der Waals surface area contributed by atoms with E-state index in [0.29, 0.717) is 41.6 Å². The van der Waals surface area contributed by atoms with E-state index in [9.17, 15) is 9.59 Å². The third-order valence-electron chi connectivity index (χ3n) is 5.92. The summed E-state index contributed by atoms with van der Waals surface area (Å²) in [5, 5.41) is 5.72. The van der Waals surface area contributed by atoms with Crippen LogP contribution in [-0.2, 0) is 0 Å². The number of carbonyl (C=O) groups is 2. The molecule has 168 valence electrons. The first-order chi connectivity index (χ1) is 15.9. The second-order valence-corrected chi connectivity index (χ2v) is 8.56. The predicted molar refractivity (Wildman–Crippen MR) is 124 cm³/mol. The van der Waals surface area contributed by atoms with Gasteiger partial charge in [0, 0.05) is 36.1 Å². The summed E-state index contributed by atoms with van der Waals surface area (Å²) in [5.74, 6) is 0.362. The standard InChI is InChI=1S/C24H22ClN5O3/c1-15-13-28(23(31)21-16(2)33-20-9-4-3-8-19(20)21)10-11-29(15)24(32)22-26-14-30(27-22)18-7-5-6-17(25)12-18/h3-9,12,14-15H,10-11,13H2,1-2H3. The van der Waals surface area contributed by atoms with Crippen molar-refractivity contribution in [1.82, 2.24) is 24.6 Å². The van der Waals surface area contributed by atoms with Crippen molar-refractivity contribution < 1.29 is 14.0 Å². The maximum atomic E-state index is 13.3. The van der Waals surface area contributed by atoms with E-state index in [1.165, 1.54) is 11.0 Å².